The predicted octanol–water partition coefficient (Wildman–Crippen LogP) is 2.21. The highest BCUT2D eigenvalue weighted by molar-refractivity contribution is 8.14. The van der Waals surface area contributed by atoms with Crippen molar-refractivity contribution in [1.29, 1.82) is 0 Å². The van der Waals surface area contributed by atoms with Gasteiger partial charge in [-0.25, -0.2) is 4.98 Å². The summed E-state index contributed by atoms with van der Waals surface area (Å²) in [5.74, 6) is -3.36. The van der Waals surface area contributed by atoms with Crippen molar-refractivity contribution < 1.29 is 52.8 Å². The van der Waals surface area contributed by atoms with Gasteiger partial charge in [0.05, 0.1) is 5.56 Å². The van der Waals surface area contributed by atoms with Gasteiger partial charge in [0.2, 0.25) is 5.12 Å². The number of hydrogen-bond donors (Lipinski definition) is 1. The van der Waals surface area contributed by atoms with Crippen molar-refractivity contribution in [3.05, 3.63) is 35.5 Å². The van der Waals surface area contributed by atoms with Crippen LogP contribution in [0.3, 0.4) is 0 Å². The molecule has 1 aromatic carbocycles. The molecule has 204 valence electrons. The van der Waals surface area contributed by atoms with Crippen LogP contribution in [0, 0.1) is 6.92 Å². The van der Waals surface area contributed by atoms with E-state index in [1.807, 2.05) is 0 Å². The van der Waals surface area contributed by atoms with Crippen LogP contribution in [0.2, 0.25) is 0 Å². The molecule has 1 saturated heterocycles. The van der Waals surface area contributed by atoms with Gasteiger partial charge in [0.15, 0.2) is 29.5 Å². The molecule has 2 heterocycles. The minimum absolute atomic E-state index is 0.0894. The van der Waals surface area contributed by atoms with Crippen LogP contribution < -0.4 is 0 Å². The maximum Gasteiger partial charge on any atom is 0.303 e. The smallest absolute Gasteiger partial charge is 0.303 e. The molecule has 2 aromatic rings. The van der Waals surface area contributed by atoms with Crippen molar-refractivity contribution in [2.45, 2.75) is 64.5 Å². The summed E-state index contributed by atoms with van der Waals surface area (Å²) in [6.07, 6.45) is -5.35. The van der Waals surface area contributed by atoms with E-state index in [-0.39, 0.29) is 16.8 Å². The highest BCUT2D eigenvalue weighted by Gasteiger charge is 2.53. The molecule has 12 nitrogen and oxygen atoms in total. The van der Waals surface area contributed by atoms with Crippen LogP contribution >= 0.6 is 11.8 Å². The lowest BCUT2D eigenvalue weighted by molar-refractivity contribution is -0.237. The van der Waals surface area contributed by atoms with Gasteiger partial charge in [-0.05, 0) is 30.8 Å². The summed E-state index contributed by atoms with van der Waals surface area (Å²) in [5.41, 5.74) is -0.556. The molecule has 0 bridgehead atoms. The quantitative estimate of drug-likeness (QED) is 0.395. The van der Waals surface area contributed by atoms with Gasteiger partial charge >= 0.3 is 23.9 Å². The number of pyridine rings is 1. The molecule has 0 aliphatic carbocycles. The first kappa shape index (κ1) is 28.9. The fourth-order valence-electron chi connectivity index (χ4n) is 3.89. The molecular weight excluding hydrogens is 522 g/mol. The standard InChI is InChI=1S/C25H27NO11S/c1-11-6-7-16-8-9-17(20(31)19(16)26-11)24(32)38-25-23(36-15(5)30)22(35-14(4)29)21(34-13(3)28)18(37-25)10-33-12(2)27/h6-9,18,21-23,25,31H,10H2,1-5H3/t18-,21-,22+,23-,25+/m1/s1. The number of benzene rings is 1. The molecule has 0 unspecified atom stereocenters. The monoisotopic (exact) mass is 549 g/mol. The maximum absolute atomic E-state index is 13.3. The van der Waals surface area contributed by atoms with Gasteiger partial charge in [0.1, 0.15) is 18.2 Å². The largest absolute Gasteiger partial charge is 0.505 e. The second kappa shape index (κ2) is 12.2. The molecule has 1 fully saturated rings. The Bertz CT molecular complexity index is 1260. The lowest BCUT2D eigenvalue weighted by Crippen LogP contribution is -2.61. The molecule has 1 aliphatic heterocycles. The van der Waals surface area contributed by atoms with Crippen LogP contribution in [-0.2, 0) is 42.9 Å². The Morgan fingerprint density at radius 3 is 2.05 bits per heavy atom. The van der Waals surface area contributed by atoms with Gasteiger partial charge in [-0.3, -0.25) is 24.0 Å². The van der Waals surface area contributed by atoms with E-state index in [1.54, 1.807) is 25.1 Å². The van der Waals surface area contributed by atoms with Gasteiger partial charge in [0.25, 0.3) is 0 Å². The number of aromatic hydroxyl groups is 1. The van der Waals surface area contributed by atoms with Crippen molar-refractivity contribution in [2.24, 2.45) is 0 Å². The summed E-state index contributed by atoms with van der Waals surface area (Å²) in [6, 6.07) is 6.53. The second-order valence-corrected chi connectivity index (χ2v) is 9.53. The van der Waals surface area contributed by atoms with E-state index in [0.717, 1.165) is 27.7 Å². The van der Waals surface area contributed by atoms with Gasteiger partial charge in [-0.1, -0.05) is 12.1 Å². The Balaban J connectivity index is 2.01. The number of phenolic OH excluding ortho intramolecular Hbond substituents is 1. The van der Waals surface area contributed by atoms with Gasteiger partial charge in [-0.15, -0.1) is 0 Å². The van der Waals surface area contributed by atoms with Crippen molar-refractivity contribution >= 4 is 51.7 Å². The van der Waals surface area contributed by atoms with Crippen LogP contribution in [-0.4, -0.2) is 75.5 Å². The number of aryl methyl sites for hydroxylation is 1. The molecule has 1 aliphatic rings. The fraction of sp³-hybridized carbons (Fsp3) is 0.440. The van der Waals surface area contributed by atoms with Crippen molar-refractivity contribution in [2.75, 3.05) is 6.61 Å². The van der Waals surface area contributed by atoms with E-state index < -0.39 is 65.5 Å². The number of esters is 4. The highest BCUT2D eigenvalue weighted by atomic mass is 32.2. The molecule has 5 atom stereocenters. The van der Waals surface area contributed by atoms with E-state index >= 15 is 0 Å². The van der Waals surface area contributed by atoms with Gasteiger partial charge < -0.3 is 28.8 Å². The van der Waals surface area contributed by atoms with Crippen LogP contribution in [0.1, 0.15) is 43.7 Å². The van der Waals surface area contributed by atoms with E-state index in [9.17, 15) is 29.1 Å². The zero-order valence-electron chi connectivity index (χ0n) is 21.3. The average Bonchev–Trinajstić information content (AvgIpc) is 2.81. The summed E-state index contributed by atoms with van der Waals surface area (Å²) in [5, 5.41) is 10.7. The first-order chi connectivity index (χ1) is 17.9. The Kier molecular flexibility index (Phi) is 9.28. The number of rotatable bonds is 7. The molecule has 0 spiro atoms. The fourth-order valence-corrected chi connectivity index (χ4v) is 4.93. The molecule has 1 N–H and O–H groups in total. The Labute approximate surface area is 221 Å². The minimum atomic E-state index is -1.41. The van der Waals surface area contributed by atoms with Crippen molar-refractivity contribution in [1.82, 2.24) is 4.98 Å². The van der Waals surface area contributed by atoms with E-state index in [2.05, 4.69) is 4.98 Å². The van der Waals surface area contributed by atoms with Gasteiger partial charge in [-0.2, -0.15) is 0 Å². The summed E-state index contributed by atoms with van der Waals surface area (Å²) in [7, 11) is 0. The highest BCUT2D eigenvalue weighted by Crippen LogP contribution is 2.38. The molecule has 0 radical (unpaired) electrons. The molecule has 38 heavy (non-hydrogen) atoms. The van der Waals surface area contributed by atoms with Gasteiger partial charge in [0, 0.05) is 38.8 Å². The second-order valence-electron chi connectivity index (χ2n) is 8.46. The molecule has 3 rings (SSSR count). The Hall–Kier alpha value is -3.71. The summed E-state index contributed by atoms with van der Waals surface area (Å²) >= 11 is 0.542. The van der Waals surface area contributed by atoms with Crippen molar-refractivity contribution in [3.63, 3.8) is 0 Å². The number of aromatic nitrogens is 1. The van der Waals surface area contributed by atoms with Crippen LogP contribution in [0.25, 0.3) is 10.9 Å². The Morgan fingerprint density at radius 2 is 1.45 bits per heavy atom. The topological polar surface area (TPSA) is 165 Å². The third-order valence-corrected chi connectivity index (χ3v) is 6.41. The van der Waals surface area contributed by atoms with Crippen LogP contribution in [0.15, 0.2) is 24.3 Å². The number of thioether (sulfide) groups is 1. The molecular formula is C25H27NO11S. The van der Waals surface area contributed by atoms with Crippen LogP contribution in [0.5, 0.6) is 5.75 Å². The number of nitrogens with zero attached hydrogens (tertiary/aromatic N) is 1. The number of ether oxygens (including phenoxy) is 5. The molecule has 13 heteroatoms. The molecule has 0 saturated carbocycles. The lowest BCUT2D eigenvalue weighted by Gasteiger charge is -2.43. The normalized spacial score (nSPS) is 22.8. The first-order valence-electron chi connectivity index (χ1n) is 11.5. The van der Waals surface area contributed by atoms with E-state index in [1.165, 1.54) is 6.07 Å². The third kappa shape index (κ3) is 6.98. The molecule has 0 amide bonds. The zero-order chi connectivity index (χ0) is 28.1. The summed E-state index contributed by atoms with van der Waals surface area (Å²) < 4.78 is 27.0. The van der Waals surface area contributed by atoms with E-state index in [4.69, 9.17) is 23.7 Å². The maximum atomic E-state index is 13.3. The number of carbonyl (C=O) groups excluding carboxylic acids is 5. The first-order valence-corrected chi connectivity index (χ1v) is 12.4. The van der Waals surface area contributed by atoms with Crippen molar-refractivity contribution in [3.8, 4) is 5.75 Å². The summed E-state index contributed by atoms with van der Waals surface area (Å²) in [4.78, 5) is 64.8. The lowest BCUT2D eigenvalue weighted by atomic mass is 9.99. The van der Waals surface area contributed by atoms with E-state index in [0.29, 0.717) is 22.8 Å². The SMILES string of the molecule is CC(=O)OC[C@H]1O[C@@H](SC(=O)c2ccc3ccc(C)nc3c2O)[C@H](OC(C)=O)[C@@H](OC(C)=O)[C@@H]1OC(C)=O. The number of hydrogen-bond acceptors (Lipinski definition) is 13. The number of phenols is 1. The Morgan fingerprint density at radius 1 is 0.868 bits per heavy atom. The summed E-state index contributed by atoms with van der Waals surface area (Å²) in [6.45, 7) is 5.78. The third-order valence-electron chi connectivity index (χ3n) is 5.37. The number of fused-ring (bicyclic) bond motifs is 1. The minimum Gasteiger partial charge on any atom is -0.505 e. The zero-order valence-corrected chi connectivity index (χ0v) is 22.1. The average molecular weight is 550 g/mol. The predicted molar refractivity (Wildman–Crippen MR) is 132 cm³/mol. The molecule has 1 aromatic heterocycles. The number of carbonyl (C=O) groups is 5. The van der Waals surface area contributed by atoms with Crippen LogP contribution in [0.4, 0.5) is 0 Å².